The van der Waals surface area contributed by atoms with Crippen molar-refractivity contribution in [1.29, 1.82) is 0 Å². The van der Waals surface area contributed by atoms with Gasteiger partial charge in [0.2, 0.25) is 0 Å². The minimum atomic E-state index is -2.88. The van der Waals surface area contributed by atoms with E-state index in [1.165, 1.54) is 12.4 Å². The van der Waals surface area contributed by atoms with E-state index in [9.17, 15) is 8.78 Å². The fraction of sp³-hybridized carbons (Fsp3) is 0.600. The number of aromatic nitrogens is 2. The molecule has 0 aliphatic heterocycles. The van der Waals surface area contributed by atoms with Crippen molar-refractivity contribution in [3.8, 4) is 5.75 Å². The molecule has 0 aromatic carbocycles. The molecular weight excluding hydrogens is 230 g/mol. The predicted molar refractivity (Wildman–Crippen MR) is 56.4 cm³/mol. The maximum absolute atomic E-state index is 11.9. The molecule has 94 valence electrons. The van der Waals surface area contributed by atoms with Gasteiger partial charge in [-0.05, 0) is 19.3 Å². The standard InChI is InChI=1S/C10H14F2N4O/c11-9(12)17-7-4-15-8(16-5-7)10(14)2-1-6(13)3-10/h4-6,9H,1-3,13-14H2. The van der Waals surface area contributed by atoms with E-state index in [1.807, 2.05) is 0 Å². The lowest BCUT2D eigenvalue weighted by molar-refractivity contribution is -0.0503. The monoisotopic (exact) mass is 244 g/mol. The molecule has 1 fully saturated rings. The molecule has 1 aliphatic carbocycles. The van der Waals surface area contributed by atoms with Gasteiger partial charge in [-0.3, -0.25) is 0 Å². The molecule has 0 amide bonds. The minimum Gasteiger partial charge on any atom is -0.432 e. The van der Waals surface area contributed by atoms with Gasteiger partial charge in [0.05, 0.1) is 17.9 Å². The van der Waals surface area contributed by atoms with Crippen LogP contribution in [0.3, 0.4) is 0 Å². The van der Waals surface area contributed by atoms with E-state index in [2.05, 4.69) is 14.7 Å². The van der Waals surface area contributed by atoms with Crippen molar-refractivity contribution in [1.82, 2.24) is 9.97 Å². The highest BCUT2D eigenvalue weighted by Gasteiger charge is 2.38. The van der Waals surface area contributed by atoms with E-state index >= 15 is 0 Å². The number of nitrogens with zero attached hydrogens (tertiary/aromatic N) is 2. The molecule has 1 aliphatic rings. The van der Waals surface area contributed by atoms with Crippen LogP contribution in [0.5, 0.6) is 5.75 Å². The van der Waals surface area contributed by atoms with Crippen molar-refractivity contribution in [3.63, 3.8) is 0 Å². The maximum atomic E-state index is 11.9. The van der Waals surface area contributed by atoms with Gasteiger partial charge in [-0.1, -0.05) is 0 Å². The van der Waals surface area contributed by atoms with Gasteiger partial charge in [0, 0.05) is 6.04 Å². The van der Waals surface area contributed by atoms with Gasteiger partial charge < -0.3 is 16.2 Å². The van der Waals surface area contributed by atoms with Crippen LogP contribution in [-0.4, -0.2) is 22.6 Å². The highest BCUT2D eigenvalue weighted by atomic mass is 19.3. The van der Waals surface area contributed by atoms with Crippen LogP contribution in [0.2, 0.25) is 0 Å². The van der Waals surface area contributed by atoms with Gasteiger partial charge in [0.25, 0.3) is 0 Å². The molecule has 1 aromatic rings. The molecular formula is C10H14F2N4O. The Hall–Kier alpha value is -1.34. The Kier molecular flexibility index (Phi) is 3.21. The van der Waals surface area contributed by atoms with Gasteiger partial charge >= 0.3 is 6.61 Å². The zero-order valence-electron chi connectivity index (χ0n) is 9.14. The molecule has 0 spiro atoms. The van der Waals surface area contributed by atoms with Crippen LogP contribution in [0.15, 0.2) is 12.4 Å². The van der Waals surface area contributed by atoms with Crippen LogP contribution in [-0.2, 0) is 5.54 Å². The lowest BCUT2D eigenvalue weighted by Crippen LogP contribution is -2.37. The van der Waals surface area contributed by atoms with Gasteiger partial charge in [-0.25, -0.2) is 9.97 Å². The summed E-state index contributed by atoms with van der Waals surface area (Å²) in [5, 5.41) is 0. The summed E-state index contributed by atoms with van der Waals surface area (Å²) in [6.07, 6.45) is 4.51. The Morgan fingerprint density at radius 2 is 2.06 bits per heavy atom. The van der Waals surface area contributed by atoms with Crippen LogP contribution < -0.4 is 16.2 Å². The molecule has 2 rings (SSSR count). The second-order valence-corrected chi connectivity index (χ2v) is 4.28. The second kappa shape index (κ2) is 4.50. The molecule has 5 nitrogen and oxygen atoms in total. The Morgan fingerprint density at radius 1 is 1.41 bits per heavy atom. The summed E-state index contributed by atoms with van der Waals surface area (Å²) in [5.41, 5.74) is 11.3. The minimum absolute atomic E-state index is 0.0422. The van der Waals surface area contributed by atoms with Gasteiger partial charge in [-0.2, -0.15) is 8.78 Å². The number of hydrogen-bond acceptors (Lipinski definition) is 5. The topological polar surface area (TPSA) is 87.1 Å². The molecule has 1 saturated carbocycles. The average molecular weight is 244 g/mol. The van der Waals surface area contributed by atoms with E-state index in [-0.39, 0.29) is 11.8 Å². The van der Waals surface area contributed by atoms with E-state index < -0.39 is 12.2 Å². The van der Waals surface area contributed by atoms with Gasteiger partial charge in [0.1, 0.15) is 5.82 Å². The Morgan fingerprint density at radius 3 is 2.53 bits per heavy atom. The van der Waals surface area contributed by atoms with Crippen molar-refractivity contribution in [3.05, 3.63) is 18.2 Å². The summed E-state index contributed by atoms with van der Waals surface area (Å²) in [7, 11) is 0. The first-order valence-corrected chi connectivity index (χ1v) is 5.31. The molecule has 0 radical (unpaired) electrons. The predicted octanol–water partition coefficient (Wildman–Crippen LogP) is 0.743. The molecule has 1 aromatic heterocycles. The van der Waals surface area contributed by atoms with Crippen molar-refractivity contribution >= 4 is 0 Å². The average Bonchev–Trinajstić information content (AvgIpc) is 2.60. The Balaban J connectivity index is 2.12. The fourth-order valence-electron chi connectivity index (χ4n) is 2.06. The Bertz CT molecular complexity index is 386. The molecule has 2 unspecified atom stereocenters. The summed E-state index contributed by atoms with van der Waals surface area (Å²) >= 11 is 0. The first kappa shape index (κ1) is 12.1. The molecule has 0 saturated heterocycles. The third-order valence-corrected chi connectivity index (χ3v) is 2.89. The summed E-state index contributed by atoms with van der Waals surface area (Å²) in [6.45, 7) is -2.88. The third-order valence-electron chi connectivity index (χ3n) is 2.89. The number of halogens is 2. The number of nitrogens with two attached hydrogens (primary N) is 2. The quantitative estimate of drug-likeness (QED) is 0.819. The van der Waals surface area contributed by atoms with Crippen molar-refractivity contribution < 1.29 is 13.5 Å². The molecule has 1 heterocycles. The van der Waals surface area contributed by atoms with Crippen LogP contribution in [0.4, 0.5) is 8.78 Å². The van der Waals surface area contributed by atoms with Gasteiger partial charge in [-0.15, -0.1) is 0 Å². The van der Waals surface area contributed by atoms with Crippen molar-refractivity contribution in [2.24, 2.45) is 11.5 Å². The second-order valence-electron chi connectivity index (χ2n) is 4.28. The van der Waals surface area contributed by atoms with Crippen LogP contribution in [0, 0.1) is 0 Å². The summed E-state index contributed by atoms with van der Waals surface area (Å²) in [5.74, 6) is 0.349. The Labute approximate surface area is 97.2 Å². The largest absolute Gasteiger partial charge is 0.432 e. The SMILES string of the molecule is NC1CCC(N)(c2ncc(OC(F)F)cn2)C1. The third kappa shape index (κ3) is 2.67. The van der Waals surface area contributed by atoms with E-state index in [1.54, 1.807) is 0 Å². The number of ether oxygens (including phenoxy) is 1. The van der Waals surface area contributed by atoms with Crippen LogP contribution >= 0.6 is 0 Å². The summed E-state index contributed by atoms with van der Waals surface area (Å²) in [4.78, 5) is 7.94. The lowest BCUT2D eigenvalue weighted by Gasteiger charge is -2.21. The number of alkyl halides is 2. The first-order chi connectivity index (χ1) is 7.99. The molecule has 7 heteroatoms. The van der Waals surface area contributed by atoms with Crippen molar-refractivity contribution in [2.75, 3.05) is 0 Å². The molecule has 4 N–H and O–H groups in total. The number of rotatable bonds is 3. The zero-order chi connectivity index (χ0) is 12.5. The first-order valence-electron chi connectivity index (χ1n) is 5.31. The smallest absolute Gasteiger partial charge is 0.387 e. The molecule has 17 heavy (non-hydrogen) atoms. The summed E-state index contributed by atoms with van der Waals surface area (Å²) < 4.78 is 28.0. The van der Waals surface area contributed by atoms with Crippen molar-refractivity contribution in [2.45, 2.75) is 37.5 Å². The molecule has 0 bridgehead atoms. The maximum Gasteiger partial charge on any atom is 0.387 e. The summed E-state index contributed by atoms with van der Waals surface area (Å²) in [6, 6.07) is 0.0422. The normalized spacial score (nSPS) is 28.6. The van der Waals surface area contributed by atoms with Crippen LogP contribution in [0.1, 0.15) is 25.1 Å². The highest BCUT2D eigenvalue weighted by Crippen LogP contribution is 2.33. The molecule has 2 atom stereocenters. The lowest BCUT2D eigenvalue weighted by atomic mass is 9.98. The van der Waals surface area contributed by atoms with Gasteiger partial charge in [0.15, 0.2) is 5.75 Å². The van der Waals surface area contributed by atoms with E-state index in [0.29, 0.717) is 18.7 Å². The van der Waals surface area contributed by atoms with Crippen LogP contribution in [0.25, 0.3) is 0 Å². The highest BCUT2D eigenvalue weighted by molar-refractivity contribution is 5.17. The number of hydrogen-bond donors (Lipinski definition) is 2. The fourth-order valence-corrected chi connectivity index (χ4v) is 2.06. The van der Waals surface area contributed by atoms with E-state index in [0.717, 1.165) is 6.42 Å². The zero-order valence-corrected chi connectivity index (χ0v) is 9.14. The van der Waals surface area contributed by atoms with E-state index in [4.69, 9.17) is 11.5 Å².